The molecule has 2 fully saturated rings. The van der Waals surface area contributed by atoms with E-state index >= 15 is 28.8 Å². The van der Waals surface area contributed by atoms with Crippen LogP contribution in [0, 0.1) is 5.92 Å². The fourth-order valence-electron chi connectivity index (χ4n) is 15.6. The number of amides is 8. The van der Waals surface area contributed by atoms with Crippen LogP contribution < -0.4 is 83.0 Å². The first kappa shape index (κ1) is 92.3. The lowest BCUT2D eigenvalue weighted by Gasteiger charge is -2.42. The van der Waals surface area contributed by atoms with Gasteiger partial charge in [0.25, 0.3) is 0 Å². The number of hydrogen-bond donors (Lipinski definition) is 22. The van der Waals surface area contributed by atoms with Gasteiger partial charge in [-0.15, -0.1) is 0 Å². The summed E-state index contributed by atoms with van der Waals surface area (Å²) in [7, 11) is 0. The van der Waals surface area contributed by atoms with Crippen LogP contribution in [0.1, 0.15) is 141 Å². The average molecular weight is 1790 g/mol. The predicted molar refractivity (Wildman–Crippen MR) is 449 cm³/mol. The van der Waals surface area contributed by atoms with Crippen molar-refractivity contribution in [1.29, 1.82) is 0 Å². The van der Waals surface area contributed by atoms with Gasteiger partial charge in [0.15, 0.2) is 23.0 Å². The summed E-state index contributed by atoms with van der Waals surface area (Å²) in [5.41, 5.74) is 10.5. The highest BCUT2D eigenvalue weighted by Gasteiger charge is 2.49. The Morgan fingerprint density at radius 3 is 1.72 bits per heavy atom. The average Bonchev–Trinajstić information content (AvgIpc) is 0.751. The van der Waals surface area contributed by atoms with E-state index in [9.17, 15) is 65.8 Å². The third kappa shape index (κ3) is 21.5. The van der Waals surface area contributed by atoms with Crippen molar-refractivity contribution in [3.63, 3.8) is 0 Å². The molecule has 0 spiro atoms. The summed E-state index contributed by atoms with van der Waals surface area (Å²) in [5.74, 6) is -14.2. The van der Waals surface area contributed by atoms with Gasteiger partial charge in [-0.25, -0.2) is 0 Å². The molecule has 126 heavy (non-hydrogen) atoms. The fraction of sp³-hybridized carbons (Fsp3) is 0.425. The maximum atomic E-state index is 16.8. The standard InChI is InChI=1S/C87H101Cl2N11O26/c1-39(2)10-5-3-4-6-11-65(107)96-72-75(110)73(108)63(37-101)124-86(72)126-78-61-32-45-33-62(78)122-58-19-13-41(25-52(58)89)27-54-80(114)100-71(82(116)93-23-9-22-92-21-8-7-20-90)50-35-47(104)36-60(123-87-77(112)76(111)74(109)64(38-102)125-87)66(50)49-30-43(15-16-55(49)105)68(83(117)95-54)98-85(119)70(45)99-84(118)69-44-28-46(103)34-48(29-44)120-59-31-42(14-17-56(59)106)67(91)81(115)94-53(79(113)97-69)26-40-12-18-57(121-61)51(88)24-40/h12-19,24-25,28-36,39,53-54,63-64,67-77,86-87,92,101-106,108-112H,3-11,20-23,26-27,37-38,90-91H2,1-2H3,(H,93,116)(H,94,115)(H,95,117)(H,96,107)(H,97,113)(H,98,119)(H,99,118)(H,100,114)/t53-,54+,63-,64-,67+,68-,69+,70-,71+,72-,73-,74-,75-,76+,77+,86+,87+/m1/s1. The largest absolute Gasteiger partial charge is 0.508 e. The summed E-state index contributed by atoms with van der Waals surface area (Å²) in [6.45, 7) is 3.71. The Bertz CT molecular complexity index is 5210. The van der Waals surface area contributed by atoms with E-state index < -0.39 is 240 Å². The Labute approximate surface area is 731 Å². The zero-order chi connectivity index (χ0) is 90.1. The van der Waals surface area contributed by atoms with Crippen molar-refractivity contribution in [2.45, 2.75) is 188 Å². The monoisotopic (exact) mass is 1790 g/mol. The minimum atomic E-state index is -2.35. The molecule has 0 radical (unpaired) electrons. The number of nitrogens with two attached hydrogens (primary N) is 2. The van der Waals surface area contributed by atoms with Crippen LogP contribution in [0.2, 0.25) is 10.0 Å². The van der Waals surface area contributed by atoms with Crippen molar-refractivity contribution >= 4 is 70.5 Å². The van der Waals surface area contributed by atoms with Crippen molar-refractivity contribution in [3.8, 4) is 80.1 Å². The van der Waals surface area contributed by atoms with E-state index in [1.54, 1.807) is 0 Å². The van der Waals surface area contributed by atoms with Gasteiger partial charge >= 0.3 is 0 Å². The molecule has 7 aromatic rings. The lowest BCUT2D eigenvalue weighted by atomic mass is 9.89. The minimum absolute atomic E-state index is 0.0521. The first-order valence-electron chi connectivity index (χ1n) is 41.3. The summed E-state index contributed by atoms with van der Waals surface area (Å²) in [5, 5.41) is 150. The van der Waals surface area contributed by atoms with Gasteiger partial charge < -0.3 is 149 Å². The molecule has 37 nitrogen and oxygen atoms in total. The molecule has 17 atom stereocenters. The highest BCUT2D eigenvalue weighted by Crippen LogP contribution is 2.50. The second-order valence-corrected chi connectivity index (χ2v) is 32.9. The second-order valence-electron chi connectivity index (χ2n) is 32.1. The molecular weight excluding hydrogens is 1690 g/mol. The first-order chi connectivity index (χ1) is 60.3. The molecule has 0 unspecified atom stereocenters. The number of aliphatic hydroxyl groups excluding tert-OH is 7. The molecule has 674 valence electrons. The lowest BCUT2D eigenvalue weighted by Crippen LogP contribution is -2.65. The van der Waals surface area contributed by atoms with Crippen LogP contribution in [-0.2, 0) is 60.7 Å². The summed E-state index contributed by atoms with van der Waals surface area (Å²) in [4.78, 5) is 125. The number of fused-ring (bicyclic) bond motifs is 14. The first-order valence-corrected chi connectivity index (χ1v) is 42.1. The quantitative estimate of drug-likeness (QED) is 0.0408. The zero-order valence-electron chi connectivity index (χ0n) is 68.3. The van der Waals surface area contributed by atoms with Crippen molar-refractivity contribution in [3.05, 3.63) is 164 Å². The number of phenolic OH excluding ortho intramolecular Hbond substituents is 4. The Morgan fingerprint density at radius 1 is 0.516 bits per heavy atom. The number of phenols is 4. The van der Waals surface area contributed by atoms with Crippen molar-refractivity contribution < 1.29 is 128 Å². The molecule has 0 saturated carbocycles. The van der Waals surface area contributed by atoms with Gasteiger partial charge in [0, 0.05) is 49.1 Å². The van der Waals surface area contributed by atoms with Crippen molar-refractivity contribution in [2.24, 2.45) is 17.4 Å². The summed E-state index contributed by atoms with van der Waals surface area (Å²) in [6.07, 6.45) is -12.7. The highest BCUT2D eigenvalue weighted by molar-refractivity contribution is 6.32. The molecule has 39 heteroatoms. The van der Waals surface area contributed by atoms with Gasteiger partial charge in [-0.3, -0.25) is 38.4 Å². The normalized spacial score (nSPS) is 25.5. The number of carbonyl (C=O) groups is 8. The van der Waals surface area contributed by atoms with E-state index in [1.165, 1.54) is 60.7 Å². The van der Waals surface area contributed by atoms with E-state index in [2.05, 4.69) is 61.7 Å². The molecule has 0 aromatic heterocycles. The van der Waals surface area contributed by atoms with Gasteiger partial charge in [-0.2, -0.15) is 0 Å². The van der Waals surface area contributed by atoms with Crippen molar-refractivity contribution in [1.82, 2.24) is 47.9 Å². The number of aromatic hydroxyl groups is 4. The number of carbonyl (C=O) groups excluding carboxylic acids is 8. The van der Waals surface area contributed by atoms with Crippen LogP contribution in [0.15, 0.2) is 115 Å². The second kappa shape index (κ2) is 40.9. The Balaban J connectivity index is 1.03. The molecule has 17 bridgehead atoms. The third-order valence-corrected chi connectivity index (χ3v) is 23.0. The maximum absolute atomic E-state index is 16.8. The lowest BCUT2D eigenvalue weighted by molar-refractivity contribution is -0.277. The van der Waals surface area contributed by atoms with Gasteiger partial charge in [-0.05, 0) is 169 Å². The van der Waals surface area contributed by atoms with Crippen molar-refractivity contribution in [2.75, 3.05) is 39.4 Å². The zero-order valence-corrected chi connectivity index (χ0v) is 69.8. The Hall–Kier alpha value is -11.4. The molecule has 8 heterocycles. The fourth-order valence-corrected chi connectivity index (χ4v) is 16.1. The SMILES string of the molecule is CC(C)CCCCCCC(=O)N[C@H]1[C@H](Oc2c3cc4cc2Oc2ccc(cc2Cl)C[C@H]2NC(=O)[C@@H](N)c5ccc(O)c(c5)Oc5cc(O)cc(c5)[C@H](NC2=O)C(=O)N[C@H]4C(=O)N[C@H]2C(=O)N[C@@H](Cc4ccc(c(Cl)c4)O3)C(=O)N[C@H](C(=O)NCCCNCCCCN)c3cc(O)cc(O[C@H]4O[C@H](CO)[C@@H](O)[C@H](O)[C@@H]4O)c3-c3cc2ccc3O)O[C@H](CO)[C@@H](O)[C@@H]1O. The van der Waals surface area contributed by atoms with Crippen LogP contribution >= 0.6 is 23.2 Å². The number of aliphatic hydroxyl groups is 7. The van der Waals surface area contributed by atoms with E-state index in [0.717, 1.165) is 86.7 Å². The summed E-state index contributed by atoms with van der Waals surface area (Å²) < 4.78 is 44.9. The Morgan fingerprint density at radius 2 is 1.08 bits per heavy atom. The number of nitrogens with one attached hydrogen (secondary N) is 9. The van der Waals surface area contributed by atoms with E-state index in [4.69, 9.17) is 67.8 Å². The molecular formula is C87H101Cl2N11O26. The molecule has 0 aliphatic carbocycles. The molecule has 2 saturated heterocycles. The van der Waals surface area contributed by atoms with Crippen LogP contribution in [0.5, 0.6) is 69.0 Å². The van der Waals surface area contributed by atoms with Gasteiger partial charge in [0.05, 0.1) is 23.3 Å². The number of hydrogen-bond acceptors (Lipinski definition) is 29. The number of rotatable bonds is 23. The topological polar surface area (TPSA) is 584 Å². The number of unbranched alkanes of at least 4 members (excludes halogenated alkanes) is 4. The van der Waals surface area contributed by atoms with Gasteiger partial charge in [0.2, 0.25) is 65.6 Å². The van der Waals surface area contributed by atoms with Crippen LogP contribution in [-0.4, -0.2) is 216 Å². The van der Waals surface area contributed by atoms with Gasteiger partial charge in [-0.1, -0.05) is 87.0 Å². The Kier molecular flexibility index (Phi) is 30.0. The van der Waals surface area contributed by atoms with Gasteiger partial charge in [0.1, 0.15) is 131 Å². The number of ether oxygens (including phenoxy) is 7. The molecule has 7 aromatic carbocycles. The minimum Gasteiger partial charge on any atom is -0.508 e. The van der Waals surface area contributed by atoms with E-state index in [-0.39, 0.29) is 79.4 Å². The maximum Gasteiger partial charge on any atom is 0.248 e. The van der Waals surface area contributed by atoms with Crippen LogP contribution in [0.25, 0.3) is 11.1 Å². The van der Waals surface area contributed by atoms with Crippen LogP contribution in [0.3, 0.4) is 0 Å². The van der Waals surface area contributed by atoms with E-state index in [0.29, 0.717) is 44.8 Å². The number of benzene rings is 7. The highest BCUT2D eigenvalue weighted by atomic mass is 35.5. The molecule has 15 rings (SSSR count). The summed E-state index contributed by atoms with van der Waals surface area (Å²) in [6, 6.07) is 7.26. The molecule has 24 N–H and O–H groups in total. The molecule has 8 aliphatic rings. The van der Waals surface area contributed by atoms with E-state index in [1.807, 2.05) is 0 Å². The third-order valence-electron chi connectivity index (χ3n) is 22.4. The summed E-state index contributed by atoms with van der Waals surface area (Å²) >= 11 is 14.6. The number of halogens is 2. The van der Waals surface area contributed by atoms with Crippen LogP contribution in [0.4, 0.5) is 0 Å². The predicted octanol–water partition coefficient (Wildman–Crippen LogP) is 3.31. The smallest absolute Gasteiger partial charge is 0.248 e. The molecule has 8 aliphatic heterocycles. The molecule has 8 amide bonds.